The second kappa shape index (κ2) is 8.08. The molecule has 0 saturated carbocycles. The number of hydrogen-bond donors (Lipinski definition) is 0. The summed E-state index contributed by atoms with van der Waals surface area (Å²) < 4.78 is 4.20. The molecule has 0 unspecified atom stereocenters. The van der Waals surface area contributed by atoms with Gasteiger partial charge in [0.15, 0.2) is 24.8 Å². The van der Waals surface area contributed by atoms with Gasteiger partial charge in [-0.25, -0.2) is 0 Å². The molecule has 2 heterocycles. The molecule has 0 atom stereocenters. The van der Waals surface area contributed by atoms with E-state index >= 15 is 0 Å². The van der Waals surface area contributed by atoms with Gasteiger partial charge in [-0.2, -0.15) is 14.4 Å². The molecule has 0 saturated heterocycles. The largest absolute Gasteiger partial charge is 0.214 e. The number of nitrogens with zero attached hydrogens (tertiary/aromatic N) is 3. The SMILES string of the molecule is CC(C)c1ccccc1-[n+]1ccc(-c2cc[n+](-c3cccc(C#N)c3)cc2)cc1. The molecule has 29 heavy (non-hydrogen) atoms. The summed E-state index contributed by atoms with van der Waals surface area (Å²) in [6.45, 7) is 4.44. The lowest BCUT2D eigenvalue weighted by atomic mass is 10.0. The van der Waals surface area contributed by atoms with E-state index in [2.05, 4.69) is 85.4 Å². The highest BCUT2D eigenvalue weighted by molar-refractivity contribution is 5.61. The molecule has 140 valence electrons. The third kappa shape index (κ3) is 3.93. The first kappa shape index (κ1) is 18.6. The van der Waals surface area contributed by atoms with Gasteiger partial charge in [0.25, 0.3) is 0 Å². The topological polar surface area (TPSA) is 31.5 Å². The van der Waals surface area contributed by atoms with Crippen molar-refractivity contribution >= 4 is 0 Å². The molecule has 4 aromatic rings. The van der Waals surface area contributed by atoms with Gasteiger partial charge < -0.3 is 0 Å². The lowest BCUT2D eigenvalue weighted by Gasteiger charge is -2.08. The van der Waals surface area contributed by atoms with Crippen LogP contribution in [0.1, 0.15) is 30.9 Å². The molecule has 0 spiro atoms. The van der Waals surface area contributed by atoms with Crippen LogP contribution >= 0.6 is 0 Å². The van der Waals surface area contributed by atoms with E-state index in [1.165, 1.54) is 16.8 Å². The summed E-state index contributed by atoms with van der Waals surface area (Å²) >= 11 is 0. The summed E-state index contributed by atoms with van der Waals surface area (Å²) in [6, 6.07) is 26.8. The Hall–Kier alpha value is -3.77. The molecule has 0 aliphatic rings. The van der Waals surface area contributed by atoms with Gasteiger partial charge in [0.2, 0.25) is 11.4 Å². The van der Waals surface area contributed by atoms with Crippen molar-refractivity contribution in [3.8, 4) is 28.6 Å². The number of pyridine rings is 2. The fraction of sp³-hybridized carbons (Fsp3) is 0.115. The molecular formula is C26H23N3+2. The Labute approximate surface area is 171 Å². The summed E-state index contributed by atoms with van der Waals surface area (Å²) in [6.07, 6.45) is 8.30. The van der Waals surface area contributed by atoms with Crippen LogP contribution in [0.2, 0.25) is 0 Å². The monoisotopic (exact) mass is 377 g/mol. The molecule has 0 fully saturated rings. The fourth-order valence-corrected chi connectivity index (χ4v) is 3.52. The first-order valence-corrected chi connectivity index (χ1v) is 9.78. The molecule has 0 N–H and O–H groups in total. The lowest BCUT2D eigenvalue weighted by Crippen LogP contribution is -2.31. The maximum absolute atomic E-state index is 9.09. The minimum absolute atomic E-state index is 0.475. The summed E-state index contributed by atoms with van der Waals surface area (Å²) in [5.74, 6) is 0.475. The van der Waals surface area contributed by atoms with Crippen molar-refractivity contribution in [2.45, 2.75) is 19.8 Å². The number of nitriles is 1. The van der Waals surface area contributed by atoms with Gasteiger partial charge in [0.1, 0.15) is 0 Å². The Balaban J connectivity index is 1.61. The van der Waals surface area contributed by atoms with Gasteiger partial charge in [-0.1, -0.05) is 38.1 Å². The van der Waals surface area contributed by atoms with Crippen molar-refractivity contribution in [2.75, 3.05) is 0 Å². The first-order valence-electron chi connectivity index (χ1n) is 9.78. The highest BCUT2D eigenvalue weighted by Gasteiger charge is 2.15. The summed E-state index contributed by atoms with van der Waals surface area (Å²) in [7, 11) is 0. The Morgan fingerprint density at radius 2 is 1.34 bits per heavy atom. The van der Waals surface area contributed by atoms with Gasteiger partial charge in [-0.3, -0.25) is 0 Å². The van der Waals surface area contributed by atoms with Crippen molar-refractivity contribution in [2.24, 2.45) is 0 Å². The fourth-order valence-electron chi connectivity index (χ4n) is 3.52. The zero-order valence-electron chi connectivity index (χ0n) is 16.7. The number of para-hydroxylation sites is 1. The number of benzene rings is 2. The summed E-state index contributed by atoms with van der Waals surface area (Å²) in [5, 5.41) is 9.09. The average Bonchev–Trinajstić information content (AvgIpc) is 2.79. The van der Waals surface area contributed by atoms with Crippen LogP contribution in [0.25, 0.3) is 22.5 Å². The number of rotatable bonds is 4. The predicted molar refractivity (Wildman–Crippen MR) is 114 cm³/mol. The molecule has 0 radical (unpaired) electrons. The van der Waals surface area contributed by atoms with Crippen molar-refractivity contribution < 1.29 is 9.13 Å². The second-order valence-electron chi connectivity index (χ2n) is 7.36. The Morgan fingerprint density at radius 1 is 0.724 bits per heavy atom. The number of hydrogen-bond acceptors (Lipinski definition) is 1. The predicted octanol–water partition coefficient (Wildman–Crippen LogP) is 4.90. The van der Waals surface area contributed by atoms with Crippen molar-refractivity contribution in [1.29, 1.82) is 5.26 Å². The van der Waals surface area contributed by atoms with E-state index in [0.717, 1.165) is 11.3 Å². The third-order valence-electron chi connectivity index (χ3n) is 5.10. The van der Waals surface area contributed by atoms with Crippen LogP contribution in [-0.2, 0) is 0 Å². The first-order chi connectivity index (χ1) is 14.2. The van der Waals surface area contributed by atoms with E-state index in [1.54, 1.807) is 0 Å². The summed E-state index contributed by atoms with van der Waals surface area (Å²) in [4.78, 5) is 0. The molecular weight excluding hydrogens is 354 g/mol. The van der Waals surface area contributed by atoms with E-state index in [9.17, 15) is 0 Å². The lowest BCUT2D eigenvalue weighted by molar-refractivity contribution is -0.596. The third-order valence-corrected chi connectivity index (χ3v) is 5.10. The van der Waals surface area contributed by atoms with E-state index in [1.807, 2.05) is 41.2 Å². The second-order valence-corrected chi connectivity index (χ2v) is 7.36. The molecule has 3 heteroatoms. The van der Waals surface area contributed by atoms with Crippen LogP contribution in [0, 0.1) is 11.3 Å². The Kier molecular flexibility index (Phi) is 5.18. The molecule has 3 nitrogen and oxygen atoms in total. The van der Waals surface area contributed by atoms with E-state index in [4.69, 9.17) is 5.26 Å². The van der Waals surface area contributed by atoms with Crippen LogP contribution in [-0.4, -0.2) is 0 Å². The normalized spacial score (nSPS) is 10.7. The molecule has 0 amide bonds. The summed E-state index contributed by atoms with van der Waals surface area (Å²) in [5.41, 5.74) is 6.52. The van der Waals surface area contributed by atoms with E-state index < -0.39 is 0 Å². The van der Waals surface area contributed by atoms with Crippen molar-refractivity contribution in [3.05, 3.63) is 109 Å². The zero-order chi connectivity index (χ0) is 20.2. The van der Waals surface area contributed by atoms with Gasteiger partial charge >= 0.3 is 0 Å². The quantitative estimate of drug-likeness (QED) is 0.465. The highest BCUT2D eigenvalue weighted by atomic mass is 14.9. The van der Waals surface area contributed by atoms with Crippen molar-refractivity contribution in [1.82, 2.24) is 0 Å². The Bertz CT molecular complexity index is 1170. The van der Waals surface area contributed by atoms with E-state index in [0.29, 0.717) is 11.5 Å². The van der Waals surface area contributed by atoms with Crippen LogP contribution < -0.4 is 9.13 Å². The molecule has 4 rings (SSSR count). The van der Waals surface area contributed by atoms with Crippen LogP contribution in [0.5, 0.6) is 0 Å². The van der Waals surface area contributed by atoms with Crippen molar-refractivity contribution in [3.63, 3.8) is 0 Å². The average molecular weight is 377 g/mol. The minimum Gasteiger partial charge on any atom is -0.192 e. The van der Waals surface area contributed by atoms with Gasteiger partial charge in [-0.05, 0) is 23.1 Å². The van der Waals surface area contributed by atoms with Gasteiger partial charge in [0, 0.05) is 48.0 Å². The van der Waals surface area contributed by atoms with Crippen LogP contribution in [0.4, 0.5) is 0 Å². The standard InChI is InChI=1S/C26H23N3/c1-20(2)25-8-3-4-9-26(25)29-16-12-23(13-17-29)22-10-14-28(15-11-22)24-7-5-6-21(18-24)19-27/h3-18,20H,1-2H3/q+2. The van der Waals surface area contributed by atoms with Crippen LogP contribution in [0.3, 0.4) is 0 Å². The minimum atomic E-state index is 0.475. The zero-order valence-corrected chi connectivity index (χ0v) is 16.7. The molecule has 0 aliphatic heterocycles. The van der Waals surface area contributed by atoms with Gasteiger partial charge in [0.05, 0.1) is 11.6 Å². The Morgan fingerprint density at radius 3 is 1.97 bits per heavy atom. The highest BCUT2D eigenvalue weighted by Crippen LogP contribution is 2.20. The number of aromatic nitrogens is 2. The maximum Gasteiger partial charge on any atom is 0.214 e. The maximum atomic E-state index is 9.09. The molecule has 0 bridgehead atoms. The molecule has 2 aromatic carbocycles. The molecule has 2 aromatic heterocycles. The van der Waals surface area contributed by atoms with E-state index in [-0.39, 0.29) is 0 Å². The van der Waals surface area contributed by atoms with Crippen LogP contribution in [0.15, 0.2) is 97.6 Å². The molecule has 0 aliphatic carbocycles. The smallest absolute Gasteiger partial charge is 0.192 e. The van der Waals surface area contributed by atoms with Gasteiger partial charge in [-0.15, -0.1) is 0 Å².